The number of aromatic nitrogens is 3. The van der Waals surface area contributed by atoms with Crippen LogP contribution in [0, 0.1) is 5.82 Å². The van der Waals surface area contributed by atoms with Crippen molar-refractivity contribution in [1.82, 2.24) is 14.8 Å². The predicted octanol–water partition coefficient (Wildman–Crippen LogP) is 1.87. The van der Waals surface area contributed by atoms with Crippen LogP contribution in [0.2, 0.25) is 0 Å². The Morgan fingerprint density at radius 2 is 2.37 bits per heavy atom. The number of methoxy groups -OCH3 is 1. The lowest BCUT2D eigenvalue weighted by Gasteiger charge is -2.15. The van der Waals surface area contributed by atoms with E-state index in [4.69, 9.17) is 10.5 Å². The van der Waals surface area contributed by atoms with E-state index in [1.165, 1.54) is 18.3 Å². The number of nitrogens with zero attached hydrogens (tertiary/aromatic N) is 3. The fraction of sp³-hybridized carbons (Fsp3) is 0.333. The molecule has 0 aliphatic rings. The maximum absolute atomic E-state index is 13.7. The van der Waals surface area contributed by atoms with E-state index in [1.807, 2.05) is 0 Å². The van der Waals surface area contributed by atoms with E-state index in [0.717, 1.165) is 4.47 Å². The highest BCUT2D eigenvalue weighted by molar-refractivity contribution is 9.10. The summed E-state index contributed by atoms with van der Waals surface area (Å²) in [6, 6.07) is 2.18. The van der Waals surface area contributed by atoms with E-state index < -0.39 is 11.9 Å². The molecule has 0 spiro atoms. The number of rotatable bonds is 5. The van der Waals surface area contributed by atoms with E-state index in [1.54, 1.807) is 18.0 Å². The molecule has 2 aromatic rings. The van der Waals surface area contributed by atoms with Gasteiger partial charge >= 0.3 is 0 Å². The molecule has 1 atom stereocenters. The first-order valence-corrected chi connectivity index (χ1v) is 6.50. The number of ether oxygens (including phenoxy) is 1. The lowest BCUT2D eigenvalue weighted by molar-refractivity contribution is 0.182. The van der Waals surface area contributed by atoms with Crippen molar-refractivity contribution >= 4 is 15.9 Å². The molecule has 0 radical (unpaired) electrons. The van der Waals surface area contributed by atoms with Gasteiger partial charge in [-0.15, -0.1) is 0 Å². The molecule has 2 aromatic heterocycles. The van der Waals surface area contributed by atoms with Crippen LogP contribution in [-0.2, 0) is 11.3 Å². The third-order valence-electron chi connectivity index (χ3n) is 2.72. The van der Waals surface area contributed by atoms with Gasteiger partial charge in [0.15, 0.2) is 0 Å². The first-order chi connectivity index (χ1) is 9.15. The largest absolute Gasteiger partial charge is 0.383 e. The van der Waals surface area contributed by atoms with Gasteiger partial charge in [-0.25, -0.2) is 4.39 Å². The topological polar surface area (TPSA) is 66.0 Å². The molecule has 0 fully saturated rings. The Labute approximate surface area is 118 Å². The third-order valence-corrected chi connectivity index (χ3v) is 3.33. The summed E-state index contributed by atoms with van der Waals surface area (Å²) in [5, 5.41) is 4.19. The van der Waals surface area contributed by atoms with Gasteiger partial charge in [0.2, 0.25) is 0 Å². The van der Waals surface area contributed by atoms with E-state index in [-0.39, 0.29) is 5.69 Å². The lowest BCUT2D eigenvalue weighted by atomic mass is 10.1. The van der Waals surface area contributed by atoms with Crippen molar-refractivity contribution in [1.29, 1.82) is 0 Å². The molecule has 0 saturated heterocycles. The Morgan fingerprint density at radius 3 is 3.05 bits per heavy atom. The highest BCUT2D eigenvalue weighted by atomic mass is 79.9. The van der Waals surface area contributed by atoms with Gasteiger partial charge < -0.3 is 10.5 Å². The smallest absolute Gasteiger partial charge is 0.146 e. The Morgan fingerprint density at radius 1 is 1.58 bits per heavy atom. The van der Waals surface area contributed by atoms with Crippen molar-refractivity contribution in [2.75, 3.05) is 13.7 Å². The minimum atomic E-state index is -0.685. The Balaban J connectivity index is 2.35. The molecule has 5 nitrogen and oxygen atoms in total. The first kappa shape index (κ1) is 14.1. The average molecular weight is 329 g/mol. The maximum atomic E-state index is 13.7. The summed E-state index contributed by atoms with van der Waals surface area (Å²) in [6.07, 6.45) is 3.15. The third kappa shape index (κ3) is 2.99. The summed E-state index contributed by atoms with van der Waals surface area (Å²) >= 11 is 3.38. The molecule has 7 heteroatoms. The van der Waals surface area contributed by atoms with Crippen LogP contribution in [0.4, 0.5) is 4.39 Å². The minimum absolute atomic E-state index is 0.197. The molecule has 19 heavy (non-hydrogen) atoms. The molecular formula is C12H14BrFN4O. The van der Waals surface area contributed by atoms with Gasteiger partial charge in [-0.3, -0.25) is 9.67 Å². The fourth-order valence-corrected chi connectivity index (χ4v) is 2.34. The van der Waals surface area contributed by atoms with Gasteiger partial charge in [-0.05, 0) is 28.1 Å². The SMILES string of the molecule is COCCn1ncc(Br)c1C(N)c1ncccc1F. The molecular weight excluding hydrogens is 315 g/mol. The van der Waals surface area contributed by atoms with Crippen molar-refractivity contribution in [2.24, 2.45) is 5.73 Å². The number of pyridine rings is 1. The second-order valence-corrected chi connectivity index (χ2v) is 4.80. The van der Waals surface area contributed by atoms with Crippen molar-refractivity contribution < 1.29 is 9.13 Å². The molecule has 1 unspecified atom stereocenters. The standard InChI is InChI=1S/C12H14BrFN4O/c1-19-6-5-18-12(8(13)7-17-18)10(15)11-9(14)3-2-4-16-11/h2-4,7,10H,5-6,15H2,1H3. The monoisotopic (exact) mass is 328 g/mol. The van der Waals surface area contributed by atoms with Crippen molar-refractivity contribution in [3.63, 3.8) is 0 Å². The average Bonchev–Trinajstić information content (AvgIpc) is 2.77. The second-order valence-electron chi connectivity index (χ2n) is 3.94. The van der Waals surface area contributed by atoms with Gasteiger partial charge in [-0.2, -0.15) is 5.10 Å². The van der Waals surface area contributed by atoms with Crippen LogP contribution in [0.15, 0.2) is 29.0 Å². The van der Waals surface area contributed by atoms with Crippen LogP contribution in [0.25, 0.3) is 0 Å². The highest BCUT2D eigenvalue weighted by Gasteiger charge is 2.21. The molecule has 2 heterocycles. The van der Waals surface area contributed by atoms with Gasteiger partial charge in [0.05, 0.1) is 41.3 Å². The Bertz CT molecular complexity index is 560. The summed E-state index contributed by atoms with van der Waals surface area (Å²) in [4.78, 5) is 4.00. The molecule has 0 aromatic carbocycles. The van der Waals surface area contributed by atoms with Gasteiger partial charge in [-0.1, -0.05) is 0 Å². The minimum Gasteiger partial charge on any atom is -0.383 e. The van der Waals surface area contributed by atoms with Crippen LogP contribution in [-0.4, -0.2) is 28.5 Å². The van der Waals surface area contributed by atoms with E-state index in [0.29, 0.717) is 18.8 Å². The molecule has 2 rings (SSSR count). The number of hydrogen-bond acceptors (Lipinski definition) is 4. The van der Waals surface area contributed by atoms with Gasteiger partial charge in [0.1, 0.15) is 5.82 Å². The quantitative estimate of drug-likeness (QED) is 0.910. The van der Waals surface area contributed by atoms with Crippen LogP contribution in [0.3, 0.4) is 0 Å². The Hall–Kier alpha value is -1.31. The van der Waals surface area contributed by atoms with Crippen molar-refractivity contribution in [2.45, 2.75) is 12.6 Å². The molecule has 0 aliphatic carbocycles. The molecule has 0 saturated carbocycles. The highest BCUT2D eigenvalue weighted by Crippen LogP contribution is 2.26. The Kier molecular flexibility index (Phi) is 4.62. The lowest BCUT2D eigenvalue weighted by Crippen LogP contribution is -2.21. The zero-order valence-electron chi connectivity index (χ0n) is 10.4. The summed E-state index contributed by atoms with van der Waals surface area (Å²) in [5.41, 5.74) is 6.97. The zero-order valence-corrected chi connectivity index (χ0v) is 12.0. The summed E-state index contributed by atoms with van der Waals surface area (Å²) in [5.74, 6) is -0.429. The van der Waals surface area contributed by atoms with E-state index >= 15 is 0 Å². The number of nitrogens with two attached hydrogens (primary N) is 1. The summed E-state index contributed by atoms with van der Waals surface area (Å²) < 4.78 is 21.2. The molecule has 2 N–H and O–H groups in total. The fourth-order valence-electron chi connectivity index (χ4n) is 1.79. The van der Waals surface area contributed by atoms with Crippen LogP contribution >= 0.6 is 15.9 Å². The first-order valence-electron chi connectivity index (χ1n) is 5.71. The van der Waals surface area contributed by atoms with Gasteiger partial charge in [0, 0.05) is 13.3 Å². The van der Waals surface area contributed by atoms with Crippen LogP contribution < -0.4 is 5.73 Å². The summed E-state index contributed by atoms with van der Waals surface area (Å²) in [6.45, 7) is 1.04. The predicted molar refractivity (Wildman–Crippen MR) is 72.0 cm³/mol. The maximum Gasteiger partial charge on any atom is 0.146 e. The molecule has 0 bridgehead atoms. The second kappa shape index (κ2) is 6.23. The molecule has 102 valence electrons. The van der Waals surface area contributed by atoms with Crippen LogP contribution in [0.1, 0.15) is 17.4 Å². The molecule has 0 aliphatic heterocycles. The van der Waals surface area contributed by atoms with Crippen LogP contribution in [0.5, 0.6) is 0 Å². The zero-order chi connectivity index (χ0) is 13.8. The van der Waals surface area contributed by atoms with Gasteiger partial charge in [0.25, 0.3) is 0 Å². The molecule has 0 amide bonds. The van der Waals surface area contributed by atoms with E-state index in [2.05, 4.69) is 26.0 Å². The van der Waals surface area contributed by atoms with E-state index in [9.17, 15) is 4.39 Å². The van der Waals surface area contributed by atoms with Crippen molar-refractivity contribution in [3.05, 3.63) is 46.2 Å². The van der Waals surface area contributed by atoms with Crippen molar-refractivity contribution in [3.8, 4) is 0 Å². The summed E-state index contributed by atoms with van der Waals surface area (Å²) in [7, 11) is 1.61. The normalized spacial score (nSPS) is 12.6. The number of hydrogen-bond donors (Lipinski definition) is 1. The number of halogens is 2.